The first kappa shape index (κ1) is 20.6. The van der Waals surface area contributed by atoms with Crippen molar-refractivity contribution in [3.05, 3.63) is 108 Å². The Morgan fingerprint density at radius 3 is 2.34 bits per heavy atom. The molecule has 0 bridgehead atoms. The van der Waals surface area contributed by atoms with E-state index in [9.17, 15) is 8.42 Å². The summed E-state index contributed by atoms with van der Waals surface area (Å²) in [5.74, 6) is 0.758. The van der Waals surface area contributed by atoms with Gasteiger partial charge in [0.15, 0.2) is 0 Å². The van der Waals surface area contributed by atoms with E-state index in [1.165, 1.54) is 0 Å². The maximum absolute atomic E-state index is 14.0. The van der Waals surface area contributed by atoms with Crippen LogP contribution < -0.4 is 4.31 Å². The second-order valence-corrected chi connectivity index (χ2v) is 10.2. The van der Waals surface area contributed by atoms with Gasteiger partial charge in [0, 0.05) is 17.5 Å². The van der Waals surface area contributed by atoms with Gasteiger partial charge < -0.3 is 4.57 Å². The molecule has 1 atom stereocenters. The number of anilines is 1. The maximum Gasteiger partial charge on any atom is 0.265 e. The minimum Gasteiger partial charge on any atom is -0.322 e. The molecular formula is C27H26N2O2S. The third-order valence-electron chi connectivity index (χ3n) is 6.12. The minimum absolute atomic E-state index is 0.304. The van der Waals surface area contributed by atoms with Gasteiger partial charge in [-0.05, 0) is 44.0 Å². The van der Waals surface area contributed by atoms with Crippen molar-refractivity contribution in [1.82, 2.24) is 4.57 Å². The number of aromatic nitrogens is 1. The number of para-hydroxylation sites is 1. The molecule has 0 spiro atoms. The molecule has 0 aliphatic carbocycles. The molecule has 3 aromatic carbocycles. The Morgan fingerprint density at radius 2 is 1.59 bits per heavy atom. The van der Waals surface area contributed by atoms with Crippen LogP contribution in [-0.4, -0.2) is 19.0 Å². The topological polar surface area (TPSA) is 42.3 Å². The molecule has 1 aliphatic heterocycles. The molecule has 4 nitrogen and oxygen atoms in total. The normalized spacial score (nSPS) is 16.2. The zero-order valence-electron chi connectivity index (χ0n) is 18.3. The number of benzene rings is 3. The Balaban J connectivity index is 1.78. The molecular weight excluding hydrogens is 416 g/mol. The van der Waals surface area contributed by atoms with Crippen LogP contribution in [0, 0.1) is 6.92 Å². The lowest BCUT2D eigenvalue weighted by Gasteiger charge is -2.30. The summed E-state index contributed by atoms with van der Waals surface area (Å²) in [4.78, 5) is 0.313. The lowest BCUT2D eigenvalue weighted by molar-refractivity contribution is 0.585. The minimum atomic E-state index is -3.77. The van der Waals surface area contributed by atoms with E-state index < -0.39 is 10.0 Å². The summed E-state index contributed by atoms with van der Waals surface area (Å²) in [5.41, 5.74) is 4.26. The third-order valence-corrected chi connectivity index (χ3v) is 8.01. The van der Waals surface area contributed by atoms with Crippen molar-refractivity contribution in [3.8, 4) is 0 Å². The molecule has 2 heterocycles. The van der Waals surface area contributed by atoms with E-state index in [-0.39, 0.29) is 6.04 Å². The zero-order valence-corrected chi connectivity index (χ0v) is 19.1. The SMILES string of the molecule is Cc1ccc(S(=O)(=O)N2c3c(c4ccccc4n3Cc3ccccc3)CC=CC2C)cc1. The number of rotatable bonds is 4. The fraction of sp³-hybridized carbons (Fsp3) is 0.185. The molecule has 5 rings (SSSR count). The van der Waals surface area contributed by atoms with Gasteiger partial charge in [0.2, 0.25) is 0 Å². The number of hydrogen-bond donors (Lipinski definition) is 0. The summed E-state index contributed by atoms with van der Waals surface area (Å²) in [5, 5.41) is 1.10. The number of hydrogen-bond acceptors (Lipinski definition) is 2. The first-order valence-corrected chi connectivity index (χ1v) is 12.3. The van der Waals surface area contributed by atoms with Gasteiger partial charge >= 0.3 is 0 Å². The van der Waals surface area contributed by atoms with Crippen LogP contribution >= 0.6 is 0 Å². The van der Waals surface area contributed by atoms with E-state index in [1.54, 1.807) is 16.4 Å². The Morgan fingerprint density at radius 1 is 0.906 bits per heavy atom. The summed E-state index contributed by atoms with van der Waals surface area (Å²) in [6.07, 6.45) is 4.78. The van der Waals surface area contributed by atoms with Crippen LogP contribution in [0.5, 0.6) is 0 Å². The van der Waals surface area contributed by atoms with Gasteiger partial charge in [-0.2, -0.15) is 0 Å². The Labute approximate surface area is 189 Å². The standard InChI is InChI=1S/C27H26N2O2S/c1-20-15-17-23(18-16-20)32(30,31)29-21(2)9-8-13-25-24-12-6-7-14-26(24)28(27(25)29)19-22-10-4-3-5-11-22/h3-12,14-18,21H,13,19H2,1-2H3. The molecule has 4 aromatic rings. The van der Waals surface area contributed by atoms with Crippen LogP contribution in [0.15, 0.2) is 95.9 Å². The molecule has 0 saturated heterocycles. The molecule has 1 unspecified atom stereocenters. The molecule has 0 amide bonds. The quantitative estimate of drug-likeness (QED) is 0.381. The largest absolute Gasteiger partial charge is 0.322 e. The lowest BCUT2D eigenvalue weighted by atomic mass is 10.1. The molecule has 162 valence electrons. The van der Waals surface area contributed by atoms with Gasteiger partial charge in [-0.1, -0.05) is 78.4 Å². The van der Waals surface area contributed by atoms with Crippen LogP contribution in [0.1, 0.15) is 23.6 Å². The molecule has 0 saturated carbocycles. The second-order valence-electron chi connectivity index (χ2n) is 8.38. The van der Waals surface area contributed by atoms with Crippen LogP contribution in [-0.2, 0) is 23.0 Å². The summed E-state index contributed by atoms with van der Waals surface area (Å²) in [7, 11) is -3.77. The van der Waals surface area contributed by atoms with E-state index in [1.807, 2.05) is 62.4 Å². The van der Waals surface area contributed by atoms with Crippen molar-refractivity contribution < 1.29 is 8.42 Å². The predicted molar refractivity (Wildman–Crippen MR) is 131 cm³/mol. The first-order valence-electron chi connectivity index (χ1n) is 10.9. The average Bonchev–Trinajstić information content (AvgIpc) is 2.96. The highest BCUT2D eigenvalue weighted by Gasteiger charge is 2.35. The van der Waals surface area contributed by atoms with Crippen LogP contribution in [0.3, 0.4) is 0 Å². The summed E-state index contributed by atoms with van der Waals surface area (Å²) in [6, 6.07) is 25.2. The number of aryl methyl sites for hydroxylation is 1. The highest BCUT2D eigenvalue weighted by molar-refractivity contribution is 7.92. The summed E-state index contributed by atoms with van der Waals surface area (Å²) >= 11 is 0. The van der Waals surface area contributed by atoms with Crippen LogP contribution in [0.2, 0.25) is 0 Å². The van der Waals surface area contributed by atoms with E-state index in [0.717, 1.165) is 33.4 Å². The summed E-state index contributed by atoms with van der Waals surface area (Å²) in [6.45, 7) is 4.51. The Hall–Kier alpha value is -3.31. The van der Waals surface area contributed by atoms with Gasteiger partial charge in [0.25, 0.3) is 10.0 Å². The number of allylic oxidation sites excluding steroid dienone is 1. The highest BCUT2D eigenvalue weighted by Crippen LogP contribution is 2.39. The van der Waals surface area contributed by atoms with Crippen molar-refractivity contribution in [2.24, 2.45) is 0 Å². The maximum atomic E-state index is 14.0. The van der Waals surface area contributed by atoms with Gasteiger partial charge in [0.05, 0.1) is 16.5 Å². The van der Waals surface area contributed by atoms with Crippen LogP contribution in [0.25, 0.3) is 10.9 Å². The predicted octanol–water partition coefficient (Wildman–Crippen LogP) is 5.69. The molecule has 0 radical (unpaired) electrons. The van der Waals surface area contributed by atoms with Crippen molar-refractivity contribution in [1.29, 1.82) is 0 Å². The van der Waals surface area contributed by atoms with Gasteiger partial charge in [-0.25, -0.2) is 12.7 Å². The van der Waals surface area contributed by atoms with Crippen molar-refractivity contribution in [2.45, 2.75) is 37.8 Å². The fourth-order valence-corrected chi connectivity index (χ4v) is 6.20. The van der Waals surface area contributed by atoms with Crippen LogP contribution in [0.4, 0.5) is 5.82 Å². The van der Waals surface area contributed by atoms with Crippen molar-refractivity contribution in [3.63, 3.8) is 0 Å². The zero-order chi connectivity index (χ0) is 22.3. The average molecular weight is 443 g/mol. The molecule has 0 fully saturated rings. The number of nitrogens with zero attached hydrogens (tertiary/aromatic N) is 2. The van der Waals surface area contributed by atoms with Gasteiger partial charge in [-0.15, -0.1) is 0 Å². The van der Waals surface area contributed by atoms with Crippen molar-refractivity contribution in [2.75, 3.05) is 4.31 Å². The molecule has 1 aromatic heterocycles. The van der Waals surface area contributed by atoms with E-state index in [4.69, 9.17) is 0 Å². The van der Waals surface area contributed by atoms with Gasteiger partial charge in [-0.3, -0.25) is 0 Å². The fourth-order valence-electron chi connectivity index (χ4n) is 4.55. The first-order chi connectivity index (χ1) is 15.5. The summed E-state index contributed by atoms with van der Waals surface area (Å²) < 4.78 is 31.7. The van der Waals surface area contributed by atoms with E-state index in [2.05, 4.69) is 34.9 Å². The van der Waals surface area contributed by atoms with E-state index in [0.29, 0.717) is 17.9 Å². The van der Waals surface area contributed by atoms with Crippen molar-refractivity contribution >= 4 is 26.7 Å². The lowest BCUT2D eigenvalue weighted by Crippen LogP contribution is -2.39. The second kappa shape index (κ2) is 7.99. The molecule has 1 aliphatic rings. The van der Waals surface area contributed by atoms with E-state index >= 15 is 0 Å². The van der Waals surface area contributed by atoms with Gasteiger partial charge in [0.1, 0.15) is 5.82 Å². The molecule has 32 heavy (non-hydrogen) atoms. The molecule has 0 N–H and O–H groups in total. The smallest absolute Gasteiger partial charge is 0.265 e. The number of fused-ring (bicyclic) bond motifs is 3. The monoisotopic (exact) mass is 442 g/mol. The Kier molecular flexibility index (Phi) is 5.14. The Bertz CT molecular complexity index is 1400. The highest BCUT2D eigenvalue weighted by atomic mass is 32.2. The third kappa shape index (κ3) is 3.43. The number of sulfonamides is 1. The molecule has 5 heteroatoms.